The largest absolute Gasteiger partial charge is 0.383 e. The summed E-state index contributed by atoms with van der Waals surface area (Å²) in [6.07, 6.45) is 0.447. The van der Waals surface area contributed by atoms with Crippen LogP contribution in [-0.4, -0.2) is 34.7 Å². The Labute approximate surface area is 106 Å². The molecule has 0 aromatic heterocycles. The van der Waals surface area contributed by atoms with Crippen molar-refractivity contribution in [2.75, 3.05) is 20.3 Å². The number of halogens is 1. The molecule has 0 aliphatic rings. The highest BCUT2D eigenvalue weighted by atomic mass is 32.2. The number of nitrogens with one attached hydrogen (secondary N) is 1. The highest BCUT2D eigenvalue weighted by Crippen LogP contribution is 2.10. The number of sulfonamides is 1. The molecule has 0 saturated carbocycles. The molecule has 0 heterocycles. The zero-order valence-corrected chi connectivity index (χ0v) is 10.9. The second-order valence-corrected chi connectivity index (χ2v) is 5.63. The molecule has 5 nitrogen and oxygen atoms in total. The molecule has 7 heteroatoms. The predicted molar refractivity (Wildman–Crippen MR) is 66.1 cm³/mol. The van der Waals surface area contributed by atoms with Gasteiger partial charge in [-0.05, 0) is 24.6 Å². The monoisotopic (exact) mass is 276 g/mol. The van der Waals surface area contributed by atoms with E-state index in [-0.39, 0.29) is 17.5 Å². The highest BCUT2D eigenvalue weighted by molar-refractivity contribution is 7.89. The lowest BCUT2D eigenvalue weighted by atomic mass is 10.2. The molecule has 0 spiro atoms. The summed E-state index contributed by atoms with van der Waals surface area (Å²) in [7, 11) is -2.16. The van der Waals surface area contributed by atoms with Crippen LogP contribution in [0.3, 0.4) is 0 Å². The molecule has 1 aromatic carbocycles. The molecule has 1 aromatic rings. The van der Waals surface area contributed by atoms with Gasteiger partial charge in [0.2, 0.25) is 10.0 Å². The highest BCUT2D eigenvalue weighted by Gasteiger charge is 2.14. The summed E-state index contributed by atoms with van der Waals surface area (Å²) in [5, 5.41) is 0. The number of benzene rings is 1. The van der Waals surface area contributed by atoms with Crippen molar-refractivity contribution in [2.45, 2.75) is 17.4 Å². The van der Waals surface area contributed by atoms with Crippen LogP contribution in [0.1, 0.15) is 6.42 Å². The van der Waals surface area contributed by atoms with Gasteiger partial charge in [-0.15, -0.1) is 0 Å². The SMILES string of the molecule is COCC(N)CCNS(=O)(=O)c1cccc(F)c1. The lowest BCUT2D eigenvalue weighted by Crippen LogP contribution is -2.32. The third kappa shape index (κ3) is 4.69. The summed E-state index contributed by atoms with van der Waals surface area (Å²) < 4.78 is 43.7. The van der Waals surface area contributed by atoms with Crippen molar-refractivity contribution in [1.29, 1.82) is 0 Å². The fourth-order valence-electron chi connectivity index (χ4n) is 1.39. The molecule has 0 radical (unpaired) electrons. The van der Waals surface area contributed by atoms with E-state index in [9.17, 15) is 12.8 Å². The number of rotatable bonds is 7. The number of ether oxygens (including phenoxy) is 1. The average Bonchev–Trinajstić information content (AvgIpc) is 2.29. The Bertz CT molecular complexity index is 479. The third-order valence-electron chi connectivity index (χ3n) is 2.29. The Balaban J connectivity index is 2.55. The normalized spacial score (nSPS) is 13.5. The first-order chi connectivity index (χ1) is 8.45. The fraction of sp³-hybridized carbons (Fsp3) is 0.455. The quantitative estimate of drug-likeness (QED) is 0.758. The van der Waals surface area contributed by atoms with Gasteiger partial charge in [-0.2, -0.15) is 0 Å². The van der Waals surface area contributed by atoms with Gasteiger partial charge in [-0.1, -0.05) is 6.07 Å². The van der Waals surface area contributed by atoms with Crippen molar-refractivity contribution in [2.24, 2.45) is 5.73 Å². The van der Waals surface area contributed by atoms with Crippen molar-refractivity contribution in [3.8, 4) is 0 Å². The van der Waals surface area contributed by atoms with Crippen LogP contribution in [0.2, 0.25) is 0 Å². The van der Waals surface area contributed by atoms with Gasteiger partial charge < -0.3 is 10.5 Å². The molecule has 3 N–H and O–H groups in total. The van der Waals surface area contributed by atoms with Crippen molar-refractivity contribution >= 4 is 10.0 Å². The van der Waals surface area contributed by atoms with Gasteiger partial charge in [-0.25, -0.2) is 17.5 Å². The maximum Gasteiger partial charge on any atom is 0.240 e. The van der Waals surface area contributed by atoms with E-state index in [1.807, 2.05) is 0 Å². The van der Waals surface area contributed by atoms with E-state index in [1.165, 1.54) is 25.3 Å². The average molecular weight is 276 g/mol. The minimum absolute atomic E-state index is 0.0946. The first kappa shape index (κ1) is 15.0. The van der Waals surface area contributed by atoms with Crippen LogP contribution in [0, 0.1) is 5.82 Å². The molecule has 0 saturated heterocycles. The van der Waals surface area contributed by atoms with Crippen LogP contribution in [0.4, 0.5) is 4.39 Å². The fourth-order valence-corrected chi connectivity index (χ4v) is 2.47. The molecular formula is C11H17FN2O3S. The molecular weight excluding hydrogens is 259 g/mol. The summed E-state index contributed by atoms with van der Waals surface area (Å²) in [4.78, 5) is -0.0946. The van der Waals surface area contributed by atoms with Crippen LogP contribution in [-0.2, 0) is 14.8 Å². The van der Waals surface area contributed by atoms with E-state index in [4.69, 9.17) is 10.5 Å². The van der Waals surface area contributed by atoms with Gasteiger partial charge in [0.15, 0.2) is 0 Å². The molecule has 0 aliphatic carbocycles. The van der Waals surface area contributed by atoms with Crippen molar-refractivity contribution in [1.82, 2.24) is 4.72 Å². The summed E-state index contributed by atoms with van der Waals surface area (Å²) >= 11 is 0. The number of nitrogens with two attached hydrogens (primary N) is 1. The molecule has 0 amide bonds. The van der Waals surface area contributed by atoms with Gasteiger partial charge in [0.1, 0.15) is 5.82 Å². The molecule has 0 fully saturated rings. The Kier molecular flexibility index (Phi) is 5.67. The third-order valence-corrected chi connectivity index (χ3v) is 3.75. The Hall–Kier alpha value is -1.02. The summed E-state index contributed by atoms with van der Waals surface area (Å²) in [6, 6.07) is 4.61. The van der Waals surface area contributed by atoms with Gasteiger partial charge in [0, 0.05) is 19.7 Å². The second-order valence-electron chi connectivity index (χ2n) is 3.86. The molecule has 1 unspecified atom stereocenters. The first-order valence-corrected chi connectivity index (χ1v) is 6.94. The lowest BCUT2D eigenvalue weighted by molar-refractivity contribution is 0.177. The summed E-state index contributed by atoms with van der Waals surface area (Å²) in [5.41, 5.74) is 5.66. The minimum Gasteiger partial charge on any atom is -0.383 e. The van der Waals surface area contributed by atoms with Gasteiger partial charge in [-0.3, -0.25) is 0 Å². The van der Waals surface area contributed by atoms with Crippen LogP contribution >= 0.6 is 0 Å². The second kappa shape index (κ2) is 6.79. The zero-order valence-electron chi connectivity index (χ0n) is 10.1. The molecule has 1 atom stereocenters. The van der Waals surface area contributed by atoms with E-state index < -0.39 is 15.8 Å². The molecule has 0 bridgehead atoms. The van der Waals surface area contributed by atoms with Gasteiger partial charge in [0.05, 0.1) is 11.5 Å². The Morgan fingerprint density at radius 2 is 2.22 bits per heavy atom. The van der Waals surface area contributed by atoms with E-state index in [2.05, 4.69) is 4.72 Å². The summed E-state index contributed by atoms with van der Waals surface area (Å²) in [6.45, 7) is 0.547. The Morgan fingerprint density at radius 1 is 1.50 bits per heavy atom. The molecule has 0 aliphatic heterocycles. The zero-order chi connectivity index (χ0) is 13.6. The van der Waals surface area contributed by atoms with Gasteiger partial charge in [0.25, 0.3) is 0 Å². The standard InChI is InChI=1S/C11H17FN2O3S/c1-17-8-10(13)5-6-14-18(15,16)11-4-2-3-9(12)7-11/h2-4,7,10,14H,5-6,8,13H2,1H3. The van der Waals surface area contributed by atoms with Crippen molar-refractivity contribution in [3.63, 3.8) is 0 Å². The summed E-state index contributed by atoms with van der Waals surface area (Å²) in [5.74, 6) is -0.589. The number of methoxy groups -OCH3 is 1. The van der Waals surface area contributed by atoms with E-state index >= 15 is 0 Å². The van der Waals surface area contributed by atoms with Crippen LogP contribution in [0.5, 0.6) is 0 Å². The number of hydrogen-bond donors (Lipinski definition) is 2. The van der Waals surface area contributed by atoms with E-state index in [1.54, 1.807) is 0 Å². The van der Waals surface area contributed by atoms with E-state index in [0.29, 0.717) is 13.0 Å². The van der Waals surface area contributed by atoms with E-state index in [0.717, 1.165) is 6.07 Å². The van der Waals surface area contributed by atoms with Crippen LogP contribution < -0.4 is 10.5 Å². The van der Waals surface area contributed by atoms with Crippen molar-refractivity contribution in [3.05, 3.63) is 30.1 Å². The van der Waals surface area contributed by atoms with Crippen LogP contribution in [0.15, 0.2) is 29.2 Å². The molecule has 1 rings (SSSR count). The smallest absolute Gasteiger partial charge is 0.240 e. The van der Waals surface area contributed by atoms with Crippen LogP contribution in [0.25, 0.3) is 0 Å². The molecule has 18 heavy (non-hydrogen) atoms. The Morgan fingerprint density at radius 3 is 2.83 bits per heavy atom. The topological polar surface area (TPSA) is 81.4 Å². The lowest BCUT2D eigenvalue weighted by Gasteiger charge is -2.11. The predicted octanol–water partition coefficient (Wildman–Crippen LogP) is 0.468. The maximum absolute atomic E-state index is 12.9. The maximum atomic E-state index is 12.9. The van der Waals surface area contributed by atoms with Crippen molar-refractivity contribution < 1.29 is 17.5 Å². The van der Waals surface area contributed by atoms with Gasteiger partial charge >= 0.3 is 0 Å². The first-order valence-electron chi connectivity index (χ1n) is 5.45. The molecule has 102 valence electrons. The number of hydrogen-bond acceptors (Lipinski definition) is 4. The minimum atomic E-state index is -3.68.